The summed E-state index contributed by atoms with van der Waals surface area (Å²) in [7, 11) is 2.11. The van der Waals surface area contributed by atoms with E-state index in [-0.39, 0.29) is 6.04 Å². The largest absolute Gasteiger partial charge is 0.334 e. The van der Waals surface area contributed by atoms with Crippen LogP contribution < -0.4 is 5.32 Å². The molecule has 0 radical (unpaired) electrons. The highest BCUT2D eigenvalue weighted by Gasteiger charge is 2.26. The number of aryl methyl sites for hydroxylation is 1. The molecule has 0 bridgehead atoms. The topological polar surface area (TPSA) is 54.2 Å². The Morgan fingerprint density at radius 1 is 1.33 bits per heavy atom. The first-order valence-corrected chi connectivity index (χ1v) is 7.68. The minimum absolute atomic E-state index is 0.202. The highest BCUT2D eigenvalue weighted by atomic mass is 16.5. The molecule has 1 aromatic heterocycles. The average Bonchev–Trinajstić information content (AvgIpc) is 3.16. The van der Waals surface area contributed by atoms with Gasteiger partial charge in [0.25, 0.3) is 5.89 Å². The molecule has 1 aliphatic heterocycles. The van der Waals surface area contributed by atoms with Gasteiger partial charge in [-0.1, -0.05) is 17.3 Å². The third-order valence-electron chi connectivity index (χ3n) is 4.63. The van der Waals surface area contributed by atoms with Gasteiger partial charge in [0.05, 0.1) is 6.04 Å². The predicted octanol–water partition coefficient (Wildman–Crippen LogP) is 1.80. The predicted molar refractivity (Wildman–Crippen MR) is 80.0 cm³/mol. The van der Waals surface area contributed by atoms with Gasteiger partial charge in [0.2, 0.25) is 0 Å². The van der Waals surface area contributed by atoms with Crippen molar-refractivity contribution in [3.05, 3.63) is 35.2 Å². The Kier molecular flexibility index (Phi) is 3.24. The average molecular weight is 284 g/mol. The van der Waals surface area contributed by atoms with Crippen molar-refractivity contribution in [2.45, 2.75) is 25.3 Å². The molecule has 110 valence electrons. The first-order valence-electron chi connectivity index (χ1n) is 7.68. The minimum Gasteiger partial charge on any atom is -0.334 e. The molecular formula is C16H20N4O. The van der Waals surface area contributed by atoms with Crippen molar-refractivity contribution >= 4 is 0 Å². The maximum Gasteiger partial charge on any atom is 0.258 e. The van der Waals surface area contributed by atoms with Gasteiger partial charge in [0.15, 0.2) is 5.82 Å². The van der Waals surface area contributed by atoms with Crippen LogP contribution >= 0.6 is 0 Å². The van der Waals surface area contributed by atoms with Crippen LogP contribution in [0.4, 0.5) is 0 Å². The Morgan fingerprint density at radius 3 is 3.19 bits per heavy atom. The number of rotatable bonds is 2. The van der Waals surface area contributed by atoms with Gasteiger partial charge in [-0.25, -0.2) is 0 Å². The summed E-state index contributed by atoms with van der Waals surface area (Å²) in [6.45, 7) is 2.90. The quantitative estimate of drug-likeness (QED) is 0.911. The van der Waals surface area contributed by atoms with Gasteiger partial charge in [-0.15, -0.1) is 0 Å². The molecule has 1 fully saturated rings. The fourth-order valence-electron chi connectivity index (χ4n) is 3.39. The zero-order chi connectivity index (χ0) is 14.2. The van der Waals surface area contributed by atoms with Crippen LogP contribution in [0.2, 0.25) is 0 Å². The molecule has 2 aromatic rings. The molecule has 1 atom stereocenters. The Bertz CT molecular complexity index is 651. The van der Waals surface area contributed by atoms with E-state index in [0.717, 1.165) is 37.4 Å². The second kappa shape index (κ2) is 5.24. The van der Waals surface area contributed by atoms with E-state index in [0.29, 0.717) is 5.89 Å². The Labute approximate surface area is 124 Å². The number of fused-ring (bicyclic) bond motifs is 1. The molecule has 5 heteroatoms. The van der Waals surface area contributed by atoms with Gasteiger partial charge >= 0.3 is 0 Å². The Morgan fingerprint density at radius 2 is 2.29 bits per heavy atom. The molecule has 5 nitrogen and oxygen atoms in total. The highest BCUT2D eigenvalue weighted by Crippen LogP contribution is 2.32. The number of nitrogens with one attached hydrogen (secondary N) is 1. The molecule has 0 saturated carbocycles. The minimum atomic E-state index is 0.202. The van der Waals surface area contributed by atoms with Crippen LogP contribution in [0.15, 0.2) is 22.7 Å². The maximum absolute atomic E-state index is 5.56. The summed E-state index contributed by atoms with van der Waals surface area (Å²) in [5, 5.41) is 7.62. The SMILES string of the molecule is CN1CCNCC1c1noc(-c2cccc3c2CCC3)n1. The van der Waals surface area contributed by atoms with Gasteiger partial charge < -0.3 is 9.84 Å². The number of hydrogen-bond donors (Lipinski definition) is 1. The summed E-state index contributed by atoms with van der Waals surface area (Å²) in [4.78, 5) is 6.95. The number of piperazine rings is 1. The van der Waals surface area contributed by atoms with Crippen LogP contribution in [0, 0.1) is 0 Å². The molecule has 21 heavy (non-hydrogen) atoms. The summed E-state index contributed by atoms with van der Waals surface area (Å²) in [5.74, 6) is 1.46. The van der Waals surface area contributed by atoms with E-state index in [4.69, 9.17) is 4.52 Å². The van der Waals surface area contributed by atoms with Crippen LogP contribution in [0.1, 0.15) is 29.4 Å². The summed E-state index contributed by atoms with van der Waals surface area (Å²) < 4.78 is 5.56. The first kappa shape index (κ1) is 13.0. The second-order valence-corrected chi connectivity index (χ2v) is 5.96. The monoisotopic (exact) mass is 284 g/mol. The third-order valence-corrected chi connectivity index (χ3v) is 4.63. The van der Waals surface area contributed by atoms with Crippen molar-refractivity contribution in [2.24, 2.45) is 0 Å². The van der Waals surface area contributed by atoms with E-state index in [1.165, 1.54) is 24.0 Å². The molecule has 1 aromatic carbocycles. The van der Waals surface area contributed by atoms with Crippen molar-refractivity contribution in [3.63, 3.8) is 0 Å². The van der Waals surface area contributed by atoms with E-state index in [2.05, 4.69) is 45.6 Å². The molecular weight excluding hydrogens is 264 g/mol. The molecule has 2 aliphatic rings. The third kappa shape index (κ3) is 2.26. The van der Waals surface area contributed by atoms with E-state index in [1.807, 2.05) is 0 Å². The number of likely N-dealkylation sites (N-methyl/N-ethyl adjacent to an activating group) is 1. The summed E-state index contributed by atoms with van der Waals surface area (Å²) in [6, 6.07) is 6.61. The van der Waals surface area contributed by atoms with Crippen molar-refractivity contribution in [3.8, 4) is 11.5 Å². The number of hydrogen-bond acceptors (Lipinski definition) is 5. The fourth-order valence-corrected chi connectivity index (χ4v) is 3.39. The number of nitrogens with zero attached hydrogens (tertiary/aromatic N) is 3. The summed E-state index contributed by atoms with van der Waals surface area (Å²) in [5.41, 5.74) is 3.95. The Hall–Kier alpha value is -1.72. The maximum atomic E-state index is 5.56. The van der Waals surface area contributed by atoms with E-state index in [9.17, 15) is 0 Å². The Balaban J connectivity index is 1.67. The van der Waals surface area contributed by atoms with Crippen molar-refractivity contribution in [1.82, 2.24) is 20.4 Å². The van der Waals surface area contributed by atoms with Crippen molar-refractivity contribution in [1.29, 1.82) is 0 Å². The molecule has 1 aliphatic carbocycles. The van der Waals surface area contributed by atoms with Crippen molar-refractivity contribution in [2.75, 3.05) is 26.7 Å². The smallest absolute Gasteiger partial charge is 0.258 e. The van der Waals surface area contributed by atoms with Crippen LogP contribution in [0.3, 0.4) is 0 Å². The zero-order valence-electron chi connectivity index (χ0n) is 12.3. The van der Waals surface area contributed by atoms with Crippen LogP contribution in [-0.2, 0) is 12.8 Å². The van der Waals surface area contributed by atoms with Gasteiger partial charge in [-0.05, 0) is 43.5 Å². The molecule has 0 amide bonds. The normalized spacial score (nSPS) is 22.4. The highest BCUT2D eigenvalue weighted by molar-refractivity contribution is 5.62. The van der Waals surface area contributed by atoms with Crippen LogP contribution in [0.5, 0.6) is 0 Å². The molecule has 2 heterocycles. The number of aromatic nitrogens is 2. The van der Waals surface area contributed by atoms with Crippen LogP contribution in [0.25, 0.3) is 11.5 Å². The lowest BCUT2D eigenvalue weighted by Crippen LogP contribution is -2.44. The molecule has 1 N–H and O–H groups in total. The standard InChI is InChI=1S/C16H20N4O/c1-20-9-8-17-10-14(20)15-18-16(21-19-15)13-7-3-5-11-4-2-6-12(11)13/h3,5,7,14,17H,2,4,6,8-10H2,1H3. The molecule has 1 saturated heterocycles. The van der Waals surface area contributed by atoms with Gasteiger partial charge in [0.1, 0.15) is 0 Å². The zero-order valence-corrected chi connectivity index (χ0v) is 12.3. The van der Waals surface area contributed by atoms with E-state index < -0.39 is 0 Å². The second-order valence-electron chi connectivity index (χ2n) is 5.96. The number of benzene rings is 1. The van der Waals surface area contributed by atoms with Gasteiger partial charge in [-0.2, -0.15) is 4.98 Å². The molecule has 4 rings (SSSR count). The first-order chi connectivity index (χ1) is 10.3. The lowest BCUT2D eigenvalue weighted by molar-refractivity contribution is 0.190. The summed E-state index contributed by atoms with van der Waals surface area (Å²) >= 11 is 0. The van der Waals surface area contributed by atoms with Crippen molar-refractivity contribution < 1.29 is 4.52 Å². The lowest BCUT2D eigenvalue weighted by Gasteiger charge is -2.30. The van der Waals surface area contributed by atoms with E-state index in [1.54, 1.807) is 0 Å². The van der Waals surface area contributed by atoms with E-state index >= 15 is 0 Å². The fraction of sp³-hybridized carbons (Fsp3) is 0.500. The molecule has 1 unspecified atom stereocenters. The lowest BCUT2D eigenvalue weighted by atomic mass is 10.0. The van der Waals surface area contributed by atoms with Gasteiger partial charge in [0, 0.05) is 25.2 Å². The molecule has 0 spiro atoms. The summed E-state index contributed by atoms with van der Waals surface area (Å²) in [6.07, 6.45) is 3.51. The van der Waals surface area contributed by atoms with Gasteiger partial charge in [-0.3, -0.25) is 4.90 Å². The van der Waals surface area contributed by atoms with Crippen LogP contribution in [-0.4, -0.2) is 41.7 Å².